The zero-order chi connectivity index (χ0) is 16.2. The standard InChI is InChI=1S/C17H24N4OS/c1-19(14-4-2-5-14)13-17(22)21-9-7-20(8-10-21)15(12-18)16-6-3-11-23-16/h3,6,11,14-15H,2,4-5,7-10,13H2,1H3. The van der Waals surface area contributed by atoms with Crippen LogP contribution in [0.2, 0.25) is 0 Å². The second kappa shape index (κ2) is 7.43. The van der Waals surface area contributed by atoms with E-state index in [-0.39, 0.29) is 11.9 Å². The van der Waals surface area contributed by atoms with Gasteiger partial charge in [-0.3, -0.25) is 14.6 Å². The van der Waals surface area contributed by atoms with Crippen LogP contribution in [0, 0.1) is 11.3 Å². The fraction of sp³-hybridized carbons (Fsp3) is 0.647. The van der Waals surface area contributed by atoms with Crippen molar-refractivity contribution in [2.45, 2.75) is 31.3 Å². The Morgan fingerprint density at radius 1 is 1.43 bits per heavy atom. The van der Waals surface area contributed by atoms with Crippen molar-refractivity contribution in [3.8, 4) is 6.07 Å². The Hall–Kier alpha value is -1.42. The SMILES string of the molecule is CN(CC(=O)N1CCN(C(C#N)c2cccs2)CC1)C1CCC1. The first-order valence-electron chi connectivity index (χ1n) is 8.34. The Bertz CT molecular complexity index is 556. The van der Waals surface area contributed by atoms with Gasteiger partial charge in [0.2, 0.25) is 5.91 Å². The molecule has 1 unspecified atom stereocenters. The minimum atomic E-state index is -0.176. The molecule has 5 nitrogen and oxygen atoms in total. The average Bonchev–Trinajstić information content (AvgIpc) is 3.01. The molecule has 0 radical (unpaired) electrons. The number of amides is 1. The summed E-state index contributed by atoms with van der Waals surface area (Å²) < 4.78 is 0. The zero-order valence-corrected chi connectivity index (χ0v) is 14.5. The van der Waals surface area contributed by atoms with Crippen LogP contribution in [-0.2, 0) is 4.79 Å². The number of hydrogen-bond donors (Lipinski definition) is 0. The Balaban J connectivity index is 1.49. The fourth-order valence-electron chi connectivity index (χ4n) is 3.27. The molecule has 2 heterocycles. The molecule has 1 saturated heterocycles. The van der Waals surface area contributed by atoms with Crippen LogP contribution in [-0.4, -0.2) is 66.4 Å². The molecule has 1 aromatic rings. The third-order valence-corrected chi connectivity index (χ3v) is 5.97. The highest BCUT2D eigenvalue weighted by atomic mass is 32.1. The quantitative estimate of drug-likeness (QED) is 0.827. The van der Waals surface area contributed by atoms with E-state index in [0.717, 1.165) is 31.1 Å². The van der Waals surface area contributed by atoms with E-state index in [1.54, 1.807) is 11.3 Å². The lowest BCUT2D eigenvalue weighted by Crippen LogP contribution is -2.52. The smallest absolute Gasteiger partial charge is 0.236 e. The molecule has 1 aliphatic heterocycles. The molecule has 124 valence electrons. The summed E-state index contributed by atoms with van der Waals surface area (Å²) in [5.41, 5.74) is 0. The summed E-state index contributed by atoms with van der Waals surface area (Å²) in [5.74, 6) is 0.226. The first kappa shape index (κ1) is 16.4. The van der Waals surface area contributed by atoms with Gasteiger partial charge in [-0.25, -0.2) is 0 Å². The van der Waals surface area contributed by atoms with E-state index in [1.165, 1.54) is 19.3 Å². The minimum absolute atomic E-state index is 0.176. The van der Waals surface area contributed by atoms with Crippen LogP contribution in [0.3, 0.4) is 0 Å². The molecule has 0 aromatic carbocycles. The van der Waals surface area contributed by atoms with Crippen LogP contribution in [0.5, 0.6) is 0 Å². The van der Waals surface area contributed by atoms with E-state index in [4.69, 9.17) is 0 Å². The van der Waals surface area contributed by atoms with Crippen molar-refractivity contribution in [3.05, 3.63) is 22.4 Å². The van der Waals surface area contributed by atoms with Gasteiger partial charge in [-0.1, -0.05) is 12.5 Å². The number of carbonyl (C=O) groups is 1. The summed E-state index contributed by atoms with van der Waals surface area (Å²) in [6.07, 6.45) is 3.74. The Morgan fingerprint density at radius 2 is 2.17 bits per heavy atom. The van der Waals surface area contributed by atoms with Crippen molar-refractivity contribution in [3.63, 3.8) is 0 Å². The second-order valence-electron chi connectivity index (χ2n) is 6.46. The number of hydrogen-bond acceptors (Lipinski definition) is 5. The van der Waals surface area contributed by atoms with Gasteiger partial charge in [0, 0.05) is 37.1 Å². The molecule has 0 bridgehead atoms. The molecule has 6 heteroatoms. The lowest BCUT2D eigenvalue weighted by Gasteiger charge is -2.39. The Labute approximate surface area is 142 Å². The maximum Gasteiger partial charge on any atom is 0.236 e. The second-order valence-corrected chi connectivity index (χ2v) is 7.44. The number of thiophene rings is 1. The van der Waals surface area contributed by atoms with Crippen molar-refractivity contribution in [1.82, 2.24) is 14.7 Å². The van der Waals surface area contributed by atoms with Gasteiger partial charge < -0.3 is 4.90 Å². The van der Waals surface area contributed by atoms with E-state index >= 15 is 0 Å². The van der Waals surface area contributed by atoms with E-state index in [9.17, 15) is 10.1 Å². The summed E-state index contributed by atoms with van der Waals surface area (Å²) in [7, 11) is 2.06. The van der Waals surface area contributed by atoms with Crippen LogP contribution in [0.25, 0.3) is 0 Å². The molecule has 3 rings (SSSR count). The summed E-state index contributed by atoms with van der Waals surface area (Å²) in [6, 6.07) is 6.83. The third kappa shape index (κ3) is 3.74. The average molecular weight is 332 g/mol. The third-order valence-electron chi connectivity index (χ3n) is 5.05. The van der Waals surface area contributed by atoms with Crippen LogP contribution < -0.4 is 0 Å². The molecule has 1 atom stereocenters. The van der Waals surface area contributed by atoms with Crippen LogP contribution in [0.4, 0.5) is 0 Å². The Kier molecular flexibility index (Phi) is 5.31. The molecule has 1 saturated carbocycles. The highest BCUT2D eigenvalue weighted by Crippen LogP contribution is 2.26. The molecule has 0 spiro atoms. The van der Waals surface area contributed by atoms with E-state index in [1.807, 2.05) is 22.4 Å². The number of rotatable bonds is 5. The van der Waals surface area contributed by atoms with Gasteiger partial charge in [-0.05, 0) is 31.3 Å². The number of likely N-dealkylation sites (N-methyl/N-ethyl adjacent to an activating group) is 1. The predicted molar refractivity (Wildman–Crippen MR) is 91.1 cm³/mol. The highest BCUT2D eigenvalue weighted by Gasteiger charge is 2.29. The first-order chi connectivity index (χ1) is 11.2. The van der Waals surface area contributed by atoms with E-state index in [2.05, 4.69) is 22.9 Å². The Morgan fingerprint density at radius 3 is 2.70 bits per heavy atom. The lowest BCUT2D eigenvalue weighted by molar-refractivity contribution is -0.135. The number of nitrogens with zero attached hydrogens (tertiary/aromatic N) is 4. The maximum atomic E-state index is 12.4. The van der Waals surface area contributed by atoms with Gasteiger partial charge >= 0.3 is 0 Å². The van der Waals surface area contributed by atoms with Crippen molar-refractivity contribution in [1.29, 1.82) is 5.26 Å². The first-order valence-corrected chi connectivity index (χ1v) is 9.22. The number of piperazine rings is 1. The molecule has 2 aliphatic rings. The van der Waals surface area contributed by atoms with Crippen molar-refractivity contribution >= 4 is 17.2 Å². The molecule has 1 amide bonds. The lowest BCUT2D eigenvalue weighted by atomic mass is 9.92. The van der Waals surface area contributed by atoms with Gasteiger partial charge in [0.25, 0.3) is 0 Å². The maximum absolute atomic E-state index is 12.4. The summed E-state index contributed by atoms with van der Waals surface area (Å²) in [4.78, 5) is 19.9. The number of nitriles is 1. The molecule has 23 heavy (non-hydrogen) atoms. The van der Waals surface area contributed by atoms with E-state index < -0.39 is 0 Å². The van der Waals surface area contributed by atoms with Crippen molar-refractivity contribution in [2.24, 2.45) is 0 Å². The molecular formula is C17H24N4OS. The van der Waals surface area contributed by atoms with Crippen LogP contribution in [0.1, 0.15) is 30.2 Å². The monoisotopic (exact) mass is 332 g/mol. The topological polar surface area (TPSA) is 50.6 Å². The summed E-state index contributed by atoms with van der Waals surface area (Å²) in [6.45, 7) is 3.52. The van der Waals surface area contributed by atoms with Crippen LogP contribution >= 0.6 is 11.3 Å². The van der Waals surface area contributed by atoms with E-state index in [0.29, 0.717) is 12.6 Å². The van der Waals surface area contributed by atoms with Gasteiger partial charge in [-0.2, -0.15) is 5.26 Å². The summed E-state index contributed by atoms with van der Waals surface area (Å²) >= 11 is 1.63. The van der Waals surface area contributed by atoms with Gasteiger partial charge in [-0.15, -0.1) is 11.3 Å². The van der Waals surface area contributed by atoms with Crippen LogP contribution in [0.15, 0.2) is 17.5 Å². The largest absolute Gasteiger partial charge is 0.339 e. The molecule has 1 aromatic heterocycles. The summed E-state index contributed by atoms with van der Waals surface area (Å²) in [5, 5.41) is 11.5. The molecule has 1 aliphatic carbocycles. The molecule has 0 N–H and O–H groups in total. The normalized spacial score (nSPS) is 21.0. The molecular weight excluding hydrogens is 308 g/mol. The minimum Gasteiger partial charge on any atom is -0.339 e. The van der Waals surface area contributed by atoms with Gasteiger partial charge in [0.15, 0.2) is 0 Å². The highest BCUT2D eigenvalue weighted by molar-refractivity contribution is 7.10. The number of carbonyl (C=O) groups excluding carboxylic acids is 1. The van der Waals surface area contributed by atoms with Gasteiger partial charge in [0.1, 0.15) is 6.04 Å². The fourth-order valence-corrected chi connectivity index (χ4v) is 4.07. The van der Waals surface area contributed by atoms with Crippen molar-refractivity contribution in [2.75, 3.05) is 39.8 Å². The predicted octanol–water partition coefficient (Wildman–Crippen LogP) is 1.94. The molecule has 2 fully saturated rings. The van der Waals surface area contributed by atoms with Crippen molar-refractivity contribution < 1.29 is 4.79 Å². The van der Waals surface area contributed by atoms with Gasteiger partial charge in [0.05, 0.1) is 12.6 Å². The zero-order valence-electron chi connectivity index (χ0n) is 13.6.